The molecule has 1 nitrogen and oxygen atoms in total. The summed E-state index contributed by atoms with van der Waals surface area (Å²) in [4.78, 5) is 11.7. The minimum atomic E-state index is -0.549. The summed E-state index contributed by atoms with van der Waals surface area (Å²) in [5, 5.41) is 0. The molecular formula is C12H11ClO. The van der Waals surface area contributed by atoms with E-state index in [1.54, 1.807) is 6.08 Å². The van der Waals surface area contributed by atoms with Crippen molar-refractivity contribution in [3.63, 3.8) is 0 Å². The molecule has 0 N–H and O–H groups in total. The van der Waals surface area contributed by atoms with Gasteiger partial charge < -0.3 is 0 Å². The molecule has 0 aliphatic heterocycles. The Morgan fingerprint density at radius 3 is 2.71 bits per heavy atom. The van der Waals surface area contributed by atoms with Crippen molar-refractivity contribution in [2.45, 2.75) is 12.3 Å². The molecule has 72 valence electrons. The lowest BCUT2D eigenvalue weighted by Crippen LogP contribution is -2.35. The highest BCUT2D eigenvalue weighted by Crippen LogP contribution is 2.33. The standard InChI is InChI=1S/C12H11ClO/c1-12(8-13)10-5-3-2-4-9(10)6-7-11(12)14/h2-7H,8H2,1H3. The van der Waals surface area contributed by atoms with E-state index in [0.717, 1.165) is 11.1 Å². The Balaban J connectivity index is 2.65. The van der Waals surface area contributed by atoms with Gasteiger partial charge in [-0.3, -0.25) is 4.79 Å². The van der Waals surface area contributed by atoms with Crippen LogP contribution in [0.3, 0.4) is 0 Å². The first-order valence-electron chi connectivity index (χ1n) is 4.56. The van der Waals surface area contributed by atoms with Gasteiger partial charge in [0.05, 0.1) is 5.41 Å². The van der Waals surface area contributed by atoms with E-state index in [-0.39, 0.29) is 5.78 Å². The average molecular weight is 207 g/mol. The second-order valence-electron chi connectivity index (χ2n) is 3.75. The molecular weight excluding hydrogens is 196 g/mol. The smallest absolute Gasteiger partial charge is 0.167 e. The van der Waals surface area contributed by atoms with Gasteiger partial charge in [0.15, 0.2) is 5.78 Å². The van der Waals surface area contributed by atoms with Crippen molar-refractivity contribution in [3.05, 3.63) is 41.5 Å². The molecule has 1 aromatic rings. The number of fused-ring (bicyclic) bond motifs is 1. The number of carbonyl (C=O) groups is 1. The minimum Gasteiger partial charge on any atom is -0.294 e. The molecule has 1 atom stereocenters. The molecule has 0 saturated heterocycles. The number of carbonyl (C=O) groups excluding carboxylic acids is 1. The molecule has 1 aliphatic carbocycles. The summed E-state index contributed by atoms with van der Waals surface area (Å²) in [6.45, 7) is 1.89. The van der Waals surface area contributed by atoms with E-state index in [9.17, 15) is 4.79 Å². The highest BCUT2D eigenvalue weighted by molar-refractivity contribution is 6.22. The fraction of sp³-hybridized carbons (Fsp3) is 0.250. The Hall–Kier alpha value is -1.08. The summed E-state index contributed by atoms with van der Waals surface area (Å²) >= 11 is 5.89. The molecule has 1 aliphatic rings. The van der Waals surface area contributed by atoms with Gasteiger partial charge in [0, 0.05) is 5.88 Å². The number of halogens is 1. The van der Waals surface area contributed by atoms with Gasteiger partial charge in [0.2, 0.25) is 0 Å². The maximum Gasteiger partial charge on any atom is 0.167 e. The quantitative estimate of drug-likeness (QED) is 0.646. The first-order chi connectivity index (χ1) is 6.68. The van der Waals surface area contributed by atoms with Gasteiger partial charge in [-0.25, -0.2) is 0 Å². The van der Waals surface area contributed by atoms with E-state index in [4.69, 9.17) is 11.6 Å². The lowest BCUT2D eigenvalue weighted by Gasteiger charge is -2.29. The van der Waals surface area contributed by atoms with Gasteiger partial charge >= 0.3 is 0 Å². The molecule has 2 heteroatoms. The van der Waals surface area contributed by atoms with Crippen LogP contribution in [0.2, 0.25) is 0 Å². The van der Waals surface area contributed by atoms with Gasteiger partial charge in [-0.15, -0.1) is 11.6 Å². The highest BCUT2D eigenvalue weighted by Gasteiger charge is 2.36. The summed E-state index contributed by atoms with van der Waals surface area (Å²) < 4.78 is 0. The lowest BCUT2D eigenvalue weighted by molar-refractivity contribution is -0.118. The van der Waals surface area contributed by atoms with Crippen LogP contribution in [0.4, 0.5) is 0 Å². The summed E-state index contributed by atoms with van der Waals surface area (Å²) in [6.07, 6.45) is 3.47. The van der Waals surface area contributed by atoms with E-state index < -0.39 is 5.41 Å². The fourth-order valence-corrected chi connectivity index (χ4v) is 2.04. The number of alkyl halides is 1. The zero-order valence-electron chi connectivity index (χ0n) is 7.96. The van der Waals surface area contributed by atoms with Crippen molar-refractivity contribution in [1.82, 2.24) is 0 Å². The number of allylic oxidation sites excluding steroid dienone is 1. The normalized spacial score (nSPS) is 24.9. The molecule has 0 bridgehead atoms. The topological polar surface area (TPSA) is 17.1 Å². The molecule has 0 amide bonds. The third-order valence-electron chi connectivity index (χ3n) is 2.78. The van der Waals surface area contributed by atoms with Crippen LogP contribution in [0.1, 0.15) is 18.1 Å². The van der Waals surface area contributed by atoms with Crippen LogP contribution in [0.15, 0.2) is 30.3 Å². The molecule has 0 fully saturated rings. The number of benzene rings is 1. The van der Waals surface area contributed by atoms with Crippen LogP contribution in [0, 0.1) is 0 Å². The Bertz CT molecular complexity index is 409. The minimum absolute atomic E-state index is 0.0891. The summed E-state index contributed by atoms with van der Waals surface area (Å²) in [6, 6.07) is 7.88. The fourth-order valence-electron chi connectivity index (χ4n) is 1.76. The Kier molecular flexibility index (Phi) is 2.20. The molecule has 0 heterocycles. The number of hydrogen-bond donors (Lipinski definition) is 0. The summed E-state index contributed by atoms with van der Waals surface area (Å²) in [5.41, 5.74) is 1.57. The Labute approximate surface area is 88.4 Å². The molecule has 0 saturated carbocycles. The first-order valence-corrected chi connectivity index (χ1v) is 5.10. The van der Waals surface area contributed by atoms with E-state index in [1.165, 1.54) is 0 Å². The van der Waals surface area contributed by atoms with Crippen LogP contribution >= 0.6 is 11.6 Å². The lowest BCUT2D eigenvalue weighted by atomic mass is 9.75. The van der Waals surface area contributed by atoms with Gasteiger partial charge in [0.25, 0.3) is 0 Å². The first kappa shape index (κ1) is 9.47. The zero-order valence-corrected chi connectivity index (χ0v) is 8.71. The van der Waals surface area contributed by atoms with Crippen molar-refractivity contribution in [2.75, 3.05) is 5.88 Å². The van der Waals surface area contributed by atoms with Crippen LogP contribution in [-0.2, 0) is 10.2 Å². The van der Waals surface area contributed by atoms with Gasteiger partial charge in [-0.2, -0.15) is 0 Å². The number of rotatable bonds is 1. The van der Waals surface area contributed by atoms with Gasteiger partial charge in [0.1, 0.15) is 0 Å². The van der Waals surface area contributed by atoms with E-state index >= 15 is 0 Å². The van der Waals surface area contributed by atoms with Crippen molar-refractivity contribution in [1.29, 1.82) is 0 Å². The van der Waals surface area contributed by atoms with Crippen molar-refractivity contribution < 1.29 is 4.79 Å². The monoisotopic (exact) mass is 206 g/mol. The van der Waals surface area contributed by atoms with E-state index in [2.05, 4.69) is 0 Å². The Morgan fingerprint density at radius 1 is 1.29 bits per heavy atom. The summed E-state index contributed by atoms with van der Waals surface area (Å²) in [5.74, 6) is 0.416. The average Bonchev–Trinajstić information content (AvgIpc) is 2.24. The third kappa shape index (κ3) is 1.20. The zero-order chi connectivity index (χ0) is 10.2. The van der Waals surface area contributed by atoms with Crippen LogP contribution in [-0.4, -0.2) is 11.7 Å². The molecule has 0 aromatic heterocycles. The van der Waals surface area contributed by atoms with Gasteiger partial charge in [-0.05, 0) is 24.1 Å². The van der Waals surface area contributed by atoms with E-state index in [1.807, 2.05) is 37.3 Å². The maximum absolute atomic E-state index is 11.7. The Morgan fingerprint density at radius 2 is 2.00 bits per heavy atom. The molecule has 0 spiro atoms. The predicted octanol–water partition coefficient (Wildman–Crippen LogP) is 2.78. The highest BCUT2D eigenvalue weighted by atomic mass is 35.5. The van der Waals surface area contributed by atoms with Crippen LogP contribution < -0.4 is 0 Å². The third-order valence-corrected chi connectivity index (χ3v) is 3.32. The largest absolute Gasteiger partial charge is 0.294 e. The van der Waals surface area contributed by atoms with E-state index in [0.29, 0.717) is 5.88 Å². The second-order valence-corrected chi connectivity index (χ2v) is 4.02. The van der Waals surface area contributed by atoms with Crippen molar-refractivity contribution in [2.24, 2.45) is 0 Å². The maximum atomic E-state index is 11.7. The SMILES string of the molecule is CC1(CCl)C(=O)C=Cc2ccccc21. The van der Waals surface area contributed by atoms with Crippen LogP contribution in [0.5, 0.6) is 0 Å². The number of hydrogen-bond acceptors (Lipinski definition) is 1. The predicted molar refractivity (Wildman–Crippen MR) is 58.6 cm³/mol. The second kappa shape index (κ2) is 3.25. The van der Waals surface area contributed by atoms with Gasteiger partial charge in [-0.1, -0.05) is 30.3 Å². The van der Waals surface area contributed by atoms with Crippen LogP contribution in [0.25, 0.3) is 6.08 Å². The molecule has 1 aromatic carbocycles. The molecule has 1 unspecified atom stereocenters. The molecule has 14 heavy (non-hydrogen) atoms. The molecule has 0 radical (unpaired) electrons. The summed E-state index contributed by atoms with van der Waals surface area (Å²) in [7, 11) is 0. The number of ketones is 1. The van der Waals surface area contributed by atoms with Crippen molar-refractivity contribution >= 4 is 23.5 Å². The van der Waals surface area contributed by atoms with Crippen molar-refractivity contribution in [3.8, 4) is 0 Å². The molecule has 2 rings (SSSR count).